The van der Waals surface area contributed by atoms with Crippen LogP contribution in [0.1, 0.15) is 0 Å². The standard InChI is InChI=1S/C19H21NSi/c1-20-16-10-6-7-11-18(16)21(2,3)19-13-15-9-5-4-8-14(15)12-17(19)20/h4-13,16,18H,1-3H3. The van der Waals surface area contributed by atoms with Crippen LogP contribution in [-0.4, -0.2) is 21.2 Å². The molecule has 0 saturated carbocycles. The monoisotopic (exact) mass is 291 g/mol. The van der Waals surface area contributed by atoms with E-state index in [1.807, 2.05) is 0 Å². The van der Waals surface area contributed by atoms with Gasteiger partial charge in [-0.1, -0.05) is 67.7 Å². The molecule has 2 aromatic rings. The molecule has 0 bridgehead atoms. The summed E-state index contributed by atoms with van der Waals surface area (Å²) < 4.78 is 0. The van der Waals surface area contributed by atoms with E-state index in [9.17, 15) is 0 Å². The molecule has 2 aliphatic rings. The summed E-state index contributed by atoms with van der Waals surface area (Å²) in [7, 11) is 0.736. The topological polar surface area (TPSA) is 3.24 Å². The van der Waals surface area contributed by atoms with E-state index >= 15 is 0 Å². The number of fused-ring (bicyclic) bond motifs is 3. The van der Waals surface area contributed by atoms with Gasteiger partial charge < -0.3 is 4.90 Å². The molecule has 106 valence electrons. The first-order valence-electron chi connectivity index (χ1n) is 7.70. The molecule has 0 fully saturated rings. The predicted octanol–water partition coefficient (Wildman–Crippen LogP) is 4.07. The molecule has 2 unspecified atom stereocenters. The Morgan fingerprint density at radius 3 is 2.38 bits per heavy atom. The average Bonchev–Trinajstić information content (AvgIpc) is 2.52. The van der Waals surface area contributed by atoms with Gasteiger partial charge in [0.1, 0.15) is 0 Å². The summed E-state index contributed by atoms with van der Waals surface area (Å²) in [6.07, 6.45) is 9.24. The second kappa shape index (κ2) is 4.34. The highest BCUT2D eigenvalue weighted by atomic mass is 28.3. The zero-order valence-corrected chi connectivity index (χ0v) is 13.9. The Kier molecular flexibility index (Phi) is 2.67. The van der Waals surface area contributed by atoms with Gasteiger partial charge >= 0.3 is 0 Å². The first-order chi connectivity index (χ1) is 10.1. The van der Waals surface area contributed by atoms with Crippen molar-refractivity contribution in [3.05, 3.63) is 60.7 Å². The van der Waals surface area contributed by atoms with Gasteiger partial charge in [-0.3, -0.25) is 0 Å². The van der Waals surface area contributed by atoms with Crippen LogP contribution >= 0.6 is 0 Å². The largest absolute Gasteiger partial charge is 0.368 e. The van der Waals surface area contributed by atoms with Crippen LogP contribution in [0.25, 0.3) is 10.8 Å². The van der Waals surface area contributed by atoms with Gasteiger partial charge in [-0.15, -0.1) is 0 Å². The number of allylic oxidation sites excluding steroid dienone is 2. The number of hydrogen-bond acceptors (Lipinski definition) is 1. The fourth-order valence-corrected chi connectivity index (χ4v) is 7.59. The van der Waals surface area contributed by atoms with E-state index < -0.39 is 8.07 Å². The second-order valence-corrected chi connectivity index (χ2v) is 11.5. The molecule has 21 heavy (non-hydrogen) atoms. The van der Waals surface area contributed by atoms with Crippen LogP contribution in [0, 0.1) is 0 Å². The molecule has 1 nitrogen and oxygen atoms in total. The van der Waals surface area contributed by atoms with E-state index in [0.717, 1.165) is 0 Å². The van der Waals surface area contributed by atoms with E-state index in [-0.39, 0.29) is 0 Å². The minimum Gasteiger partial charge on any atom is -0.368 e. The van der Waals surface area contributed by atoms with Crippen LogP contribution in [0.4, 0.5) is 5.69 Å². The lowest BCUT2D eigenvalue weighted by Gasteiger charge is -2.48. The van der Waals surface area contributed by atoms with Gasteiger partial charge in [0, 0.05) is 18.3 Å². The zero-order chi connectivity index (χ0) is 14.6. The maximum atomic E-state index is 2.52. The summed E-state index contributed by atoms with van der Waals surface area (Å²) in [5.74, 6) is 0. The van der Waals surface area contributed by atoms with Crippen molar-refractivity contribution in [2.45, 2.75) is 24.7 Å². The Labute approximate surface area is 127 Å². The van der Waals surface area contributed by atoms with Gasteiger partial charge in [0.2, 0.25) is 0 Å². The Morgan fingerprint density at radius 1 is 0.952 bits per heavy atom. The van der Waals surface area contributed by atoms with E-state index in [4.69, 9.17) is 0 Å². The molecule has 0 N–H and O–H groups in total. The van der Waals surface area contributed by atoms with E-state index in [1.165, 1.54) is 16.5 Å². The predicted molar refractivity (Wildman–Crippen MR) is 95.3 cm³/mol. The molecule has 0 radical (unpaired) electrons. The zero-order valence-electron chi connectivity index (χ0n) is 12.9. The van der Waals surface area contributed by atoms with E-state index in [2.05, 4.69) is 85.7 Å². The molecule has 0 aromatic heterocycles. The Morgan fingerprint density at radius 2 is 1.62 bits per heavy atom. The number of hydrogen-bond donors (Lipinski definition) is 0. The summed E-state index contributed by atoms with van der Waals surface area (Å²) in [6.45, 7) is 5.05. The lowest BCUT2D eigenvalue weighted by Crippen LogP contribution is -2.59. The number of nitrogens with zero attached hydrogens (tertiary/aromatic N) is 1. The molecular weight excluding hydrogens is 270 g/mol. The van der Waals surface area contributed by atoms with Crippen LogP contribution in [-0.2, 0) is 0 Å². The maximum Gasteiger partial charge on any atom is 0.0926 e. The molecule has 0 saturated heterocycles. The molecule has 2 aromatic carbocycles. The first kappa shape index (κ1) is 12.9. The summed E-state index contributed by atoms with van der Waals surface area (Å²) >= 11 is 0. The highest BCUT2D eigenvalue weighted by molar-refractivity contribution is 6.93. The fraction of sp³-hybridized carbons (Fsp3) is 0.263. The smallest absolute Gasteiger partial charge is 0.0926 e. The first-order valence-corrected chi connectivity index (χ1v) is 10.8. The van der Waals surface area contributed by atoms with Gasteiger partial charge in [-0.25, -0.2) is 0 Å². The molecule has 1 aliphatic carbocycles. The van der Waals surface area contributed by atoms with Gasteiger partial charge in [0.25, 0.3) is 0 Å². The van der Waals surface area contributed by atoms with E-state index in [0.29, 0.717) is 11.6 Å². The van der Waals surface area contributed by atoms with Gasteiger partial charge in [-0.05, 0) is 22.0 Å². The van der Waals surface area contributed by atoms with Crippen molar-refractivity contribution in [1.82, 2.24) is 0 Å². The minimum absolute atomic E-state index is 0.519. The Bertz CT molecular complexity index is 772. The summed E-state index contributed by atoms with van der Waals surface area (Å²) in [4.78, 5) is 2.48. The molecule has 1 aliphatic heterocycles. The van der Waals surface area contributed by atoms with Crippen molar-refractivity contribution in [3.63, 3.8) is 0 Å². The van der Waals surface area contributed by atoms with Crippen molar-refractivity contribution >= 4 is 29.7 Å². The molecule has 2 heteroatoms. The highest BCUT2D eigenvalue weighted by Crippen LogP contribution is 2.41. The van der Waals surface area contributed by atoms with Crippen molar-refractivity contribution in [2.24, 2.45) is 0 Å². The third-order valence-corrected chi connectivity index (χ3v) is 9.31. The third-order valence-electron chi connectivity index (χ3n) is 5.32. The lowest BCUT2D eigenvalue weighted by molar-refractivity contribution is 0.727. The van der Waals surface area contributed by atoms with Crippen molar-refractivity contribution < 1.29 is 0 Å². The van der Waals surface area contributed by atoms with Crippen LogP contribution in [0.2, 0.25) is 18.6 Å². The Hall–Kier alpha value is -1.80. The SMILES string of the molecule is CN1c2cc3ccccc3cc2[Si](C)(C)C2C=CC=CC21. The van der Waals surface area contributed by atoms with Crippen molar-refractivity contribution in [3.8, 4) is 0 Å². The number of likely N-dealkylation sites (N-methyl/N-ethyl adjacent to an activating group) is 1. The van der Waals surface area contributed by atoms with Gasteiger partial charge in [0.15, 0.2) is 0 Å². The lowest BCUT2D eigenvalue weighted by atomic mass is 10.0. The van der Waals surface area contributed by atoms with Crippen molar-refractivity contribution in [2.75, 3.05) is 11.9 Å². The summed E-state index contributed by atoms with van der Waals surface area (Å²) in [5, 5.41) is 4.32. The molecule has 2 atom stereocenters. The quantitative estimate of drug-likeness (QED) is 0.661. The second-order valence-electron chi connectivity index (χ2n) is 6.84. The molecule has 1 heterocycles. The number of benzene rings is 2. The highest BCUT2D eigenvalue weighted by Gasteiger charge is 2.44. The van der Waals surface area contributed by atoms with Crippen molar-refractivity contribution in [1.29, 1.82) is 0 Å². The van der Waals surface area contributed by atoms with Gasteiger partial charge in [0.05, 0.1) is 14.1 Å². The number of rotatable bonds is 0. The fourth-order valence-electron chi connectivity index (χ4n) is 4.01. The van der Waals surface area contributed by atoms with E-state index in [1.54, 1.807) is 5.19 Å². The third kappa shape index (κ3) is 1.75. The number of anilines is 1. The molecule has 0 spiro atoms. The Balaban J connectivity index is 2.01. The maximum absolute atomic E-state index is 2.52. The average molecular weight is 291 g/mol. The summed E-state index contributed by atoms with van der Waals surface area (Å²) in [6, 6.07) is 14.1. The molecular formula is C19H21NSi. The molecule has 0 amide bonds. The summed E-state index contributed by atoms with van der Waals surface area (Å²) in [5.41, 5.74) is 2.10. The van der Waals surface area contributed by atoms with Gasteiger partial charge in [-0.2, -0.15) is 0 Å². The molecule has 4 rings (SSSR count). The van der Waals surface area contributed by atoms with Crippen LogP contribution in [0.3, 0.4) is 0 Å². The van der Waals surface area contributed by atoms with Crippen LogP contribution in [0.15, 0.2) is 60.7 Å². The van der Waals surface area contributed by atoms with Crippen LogP contribution in [0.5, 0.6) is 0 Å². The normalized spacial score (nSPS) is 25.8. The van der Waals surface area contributed by atoms with Crippen LogP contribution < -0.4 is 10.1 Å². The minimum atomic E-state index is -1.51.